The van der Waals surface area contributed by atoms with Crippen LogP contribution in [0.2, 0.25) is 0 Å². The summed E-state index contributed by atoms with van der Waals surface area (Å²) in [5, 5.41) is 2.48. The number of amides is 3. The number of rotatable bonds is 12. The maximum Gasteiger partial charge on any atom is 0.325 e. The van der Waals surface area contributed by atoms with Crippen molar-refractivity contribution >= 4 is 11.9 Å². The van der Waals surface area contributed by atoms with Gasteiger partial charge >= 0.3 is 6.03 Å². The minimum Gasteiger partial charge on any atom is -0.307 e. The molecule has 0 radical (unpaired) electrons. The maximum absolute atomic E-state index is 12.3. The molecule has 0 saturated carbocycles. The second-order valence-electron chi connectivity index (χ2n) is 7.31. The van der Waals surface area contributed by atoms with Crippen molar-refractivity contribution in [3.8, 4) is 0 Å². The van der Waals surface area contributed by atoms with Gasteiger partial charge in [0.2, 0.25) is 0 Å². The molecule has 4 nitrogen and oxygen atoms in total. The van der Waals surface area contributed by atoms with Crippen molar-refractivity contribution in [3.05, 3.63) is 0 Å². The normalized spacial score (nSPS) is 20.7. The van der Waals surface area contributed by atoms with Crippen LogP contribution in [0.3, 0.4) is 0 Å². The van der Waals surface area contributed by atoms with E-state index in [0.29, 0.717) is 0 Å². The molecule has 1 unspecified atom stereocenters. The molecule has 0 aromatic heterocycles. The molecule has 0 aromatic carbocycles. The standard InChI is InChI=1S/C19H36N2O2/c1-5-7-9-11-13-15-19(4,14-12-10-8-6-2)21-16(3)17(22)20-18(21)23/h16H,5-15H2,1-4H3,(H,20,22,23)/t16-,19?/m0/s1. The summed E-state index contributed by atoms with van der Waals surface area (Å²) >= 11 is 0. The van der Waals surface area contributed by atoms with Crippen molar-refractivity contribution in [1.82, 2.24) is 10.2 Å². The first-order valence-corrected chi connectivity index (χ1v) is 9.60. The van der Waals surface area contributed by atoms with Gasteiger partial charge in [-0.25, -0.2) is 4.79 Å². The van der Waals surface area contributed by atoms with E-state index in [4.69, 9.17) is 0 Å². The number of hydrogen-bond acceptors (Lipinski definition) is 2. The first kappa shape index (κ1) is 20.0. The Morgan fingerprint density at radius 1 is 0.913 bits per heavy atom. The van der Waals surface area contributed by atoms with Crippen LogP contribution in [-0.4, -0.2) is 28.4 Å². The minimum absolute atomic E-state index is 0.152. The van der Waals surface area contributed by atoms with Gasteiger partial charge in [0.25, 0.3) is 5.91 Å². The van der Waals surface area contributed by atoms with Gasteiger partial charge in [-0.2, -0.15) is 0 Å². The van der Waals surface area contributed by atoms with Crippen LogP contribution in [-0.2, 0) is 4.79 Å². The van der Waals surface area contributed by atoms with Crippen molar-refractivity contribution in [2.24, 2.45) is 0 Å². The molecule has 23 heavy (non-hydrogen) atoms. The zero-order valence-electron chi connectivity index (χ0n) is 15.6. The van der Waals surface area contributed by atoms with Gasteiger partial charge in [0.1, 0.15) is 6.04 Å². The van der Waals surface area contributed by atoms with E-state index in [1.807, 2.05) is 11.8 Å². The van der Waals surface area contributed by atoms with Crippen molar-refractivity contribution in [1.29, 1.82) is 0 Å². The number of carbonyl (C=O) groups is 2. The molecule has 1 heterocycles. The van der Waals surface area contributed by atoms with Crippen LogP contribution in [0, 0.1) is 0 Å². The van der Waals surface area contributed by atoms with Crippen LogP contribution >= 0.6 is 0 Å². The average molecular weight is 325 g/mol. The second-order valence-corrected chi connectivity index (χ2v) is 7.31. The number of hydrogen-bond donors (Lipinski definition) is 1. The number of unbranched alkanes of at least 4 members (excludes halogenated alkanes) is 7. The lowest BCUT2D eigenvalue weighted by Gasteiger charge is -2.40. The Bertz CT molecular complexity index is 384. The lowest BCUT2D eigenvalue weighted by molar-refractivity contribution is -0.122. The minimum atomic E-state index is -0.339. The Labute approximate surface area is 142 Å². The van der Waals surface area contributed by atoms with Gasteiger partial charge < -0.3 is 4.90 Å². The molecule has 1 N–H and O–H groups in total. The summed E-state index contributed by atoms with van der Waals surface area (Å²) in [7, 11) is 0. The van der Waals surface area contributed by atoms with Crippen LogP contribution in [0.1, 0.15) is 98.3 Å². The zero-order chi connectivity index (χ0) is 17.3. The third-order valence-electron chi connectivity index (χ3n) is 5.19. The van der Waals surface area contributed by atoms with Gasteiger partial charge in [-0.3, -0.25) is 10.1 Å². The first-order chi connectivity index (χ1) is 11.0. The van der Waals surface area contributed by atoms with Crippen LogP contribution in [0.15, 0.2) is 0 Å². The Morgan fingerprint density at radius 3 is 1.83 bits per heavy atom. The SMILES string of the molecule is CCCCCCCC(C)(CCCCCC)N1C(=O)NC(=O)[C@@H]1C. The van der Waals surface area contributed by atoms with Crippen LogP contribution < -0.4 is 5.32 Å². The van der Waals surface area contributed by atoms with E-state index in [1.54, 1.807) is 0 Å². The molecule has 0 aliphatic carbocycles. The highest BCUT2D eigenvalue weighted by atomic mass is 16.2. The lowest BCUT2D eigenvalue weighted by atomic mass is 9.85. The Balaban J connectivity index is 2.66. The second kappa shape index (κ2) is 9.94. The maximum atomic E-state index is 12.3. The Kier molecular flexibility index (Phi) is 8.64. The van der Waals surface area contributed by atoms with Gasteiger partial charge in [-0.15, -0.1) is 0 Å². The van der Waals surface area contributed by atoms with Crippen LogP contribution in [0.5, 0.6) is 0 Å². The Morgan fingerprint density at radius 2 is 1.39 bits per heavy atom. The molecular weight excluding hydrogens is 288 g/mol. The largest absolute Gasteiger partial charge is 0.325 e. The van der Waals surface area contributed by atoms with E-state index in [9.17, 15) is 9.59 Å². The average Bonchev–Trinajstić information content (AvgIpc) is 2.77. The molecule has 2 atom stereocenters. The van der Waals surface area contributed by atoms with Gasteiger partial charge in [-0.1, -0.05) is 71.6 Å². The summed E-state index contributed by atoms with van der Waals surface area (Å²) in [4.78, 5) is 25.9. The number of nitrogens with one attached hydrogen (secondary N) is 1. The first-order valence-electron chi connectivity index (χ1n) is 9.60. The van der Waals surface area contributed by atoms with Crippen LogP contribution in [0.4, 0.5) is 4.79 Å². The molecular formula is C19H36N2O2. The van der Waals surface area contributed by atoms with Crippen molar-refractivity contribution in [3.63, 3.8) is 0 Å². The van der Waals surface area contributed by atoms with E-state index in [-0.39, 0.29) is 23.5 Å². The topological polar surface area (TPSA) is 49.4 Å². The molecule has 1 saturated heterocycles. The summed E-state index contributed by atoms with van der Waals surface area (Å²) in [6.07, 6.45) is 12.9. The molecule has 1 aliphatic rings. The summed E-state index contributed by atoms with van der Waals surface area (Å²) < 4.78 is 0. The number of imide groups is 1. The number of nitrogens with zero attached hydrogens (tertiary/aromatic N) is 1. The van der Waals surface area contributed by atoms with Gasteiger partial charge in [0, 0.05) is 5.54 Å². The predicted molar refractivity (Wildman–Crippen MR) is 95.4 cm³/mol. The third-order valence-corrected chi connectivity index (χ3v) is 5.19. The summed E-state index contributed by atoms with van der Waals surface area (Å²) in [5.41, 5.74) is -0.199. The van der Waals surface area contributed by atoms with Gasteiger partial charge in [-0.05, 0) is 26.7 Å². The fourth-order valence-electron chi connectivity index (χ4n) is 3.68. The molecule has 134 valence electrons. The lowest BCUT2D eigenvalue weighted by Crippen LogP contribution is -2.51. The summed E-state index contributed by atoms with van der Waals surface area (Å²) in [6.45, 7) is 8.45. The quantitative estimate of drug-likeness (QED) is 0.405. The van der Waals surface area contributed by atoms with Gasteiger partial charge in [0.05, 0.1) is 0 Å². The highest BCUT2D eigenvalue weighted by Crippen LogP contribution is 2.33. The monoisotopic (exact) mass is 324 g/mol. The molecule has 0 bridgehead atoms. The van der Waals surface area contributed by atoms with Crippen molar-refractivity contribution in [2.45, 2.75) is 110 Å². The number of urea groups is 1. The fourth-order valence-corrected chi connectivity index (χ4v) is 3.68. The summed E-state index contributed by atoms with van der Waals surface area (Å²) in [5.74, 6) is -0.152. The highest BCUT2D eigenvalue weighted by Gasteiger charge is 2.45. The molecule has 1 aliphatic heterocycles. The highest BCUT2D eigenvalue weighted by molar-refractivity contribution is 6.04. The van der Waals surface area contributed by atoms with E-state index in [2.05, 4.69) is 26.1 Å². The van der Waals surface area contributed by atoms with E-state index in [1.165, 1.54) is 44.9 Å². The van der Waals surface area contributed by atoms with E-state index in [0.717, 1.165) is 25.7 Å². The smallest absolute Gasteiger partial charge is 0.307 e. The molecule has 0 aromatic rings. The number of carbonyl (C=O) groups excluding carboxylic acids is 2. The molecule has 0 spiro atoms. The Hall–Kier alpha value is -1.06. The molecule has 3 amide bonds. The zero-order valence-corrected chi connectivity index (χ0v) is 15.6. The molecule has 1 fully saturated rings. The van der Waals surface area contributed by atoms with Crippen molar-refractivity contribution < 1.29 is 9.59 Å². The van der Waals surface area contributed by atoms with E-state index >= 15 is 0 Å². The molecule has 4 heteroatoms. The molecule has 1 rings (SSSR count). The third kappa shape index (κ3) is 5.82. The summed E-state index contributed by atoms with van der Waals surface area (Å²) in [6, 6.07) is -0.539. The van der Waals surface area contributed by atoms with Crippen LogP contribution in [0.25, 0.3) is 0 Å². The fraction of sp³-hybridized carbons (Fsp3) is 0.895. The predicted octanol–water partition coefficient (Wildman–Crippen LogP) is 5.02. The van der Waals surface area contributed by atoms with Gasteiger partial charge in [0.15, 0.2) is 0 Å². The van der Waals surface area contributed by atoms with E-state index < -0.39 is 0 Å². The van der Waals surface area contributed by atoms with Crippen molar-refractivity contribution in [2.75, 3.05) is 0 Å².